The molecule has 710 valence electrons. The number of piperidine rings is 3. The van der Waals surface area contributed by atoms with E-state index in [2.05, 4.69) is 178 Å². The van der Waals surface area contributed by atoms with E-state index < -0.39 is 22.9 Å². The van der Waals surface area contributed by atoms with Gasteiger partial charge in [0, 0.05) is 93.8 Å². The normalized spacial score (nSPS) is 25.9. The first-order valence-corrected chi connectivity index (χ1v) is 47.5. The van der Waals surface area contributed by atoms with Crippen LogP contribution < -0.4 is 14.7 Å². The molecular weight excluding hydrogens is 1610 g/mol. The molecule has 127 heavy (non-hydrogen) atoms. The van der Waals surface area contributed by atoms with E-state index in [1.165, 1.54) is 19.3 Å². The number of halogens is 2. The summed E-state index contributed by atoms with van der Waals surface area (Å²) in [6.45, 7) is 75.1. The van der Waals surface area contributed by atoms with Crippen LogP contribution in [0.25, 0.3) is 4.85 Å². The zero-order valence-electron chi connectivity index (χ0n) is 83.1. The van der Waals surface area contributed by atoms with Gasteiger partial charge in [0.1, 0.15) is 28.4 Å². The highest BCUT2D eigenvalue weighted by Gasteiger charge is 2.68. The Morgan fingerprint density at radius 2 is 0.827 bits per heavy atom. The van der Waals surface area contributed by atoms with Gasteiger partial charge in [-0.05, 0) is 356 Å². The molecule has 11 aliphatic rings. The van der Waals surface area contributed by atoms with Crippen molar-refractivity contribution in [1.29, 1.82) is 0 Å². The number of pyridine rings is 2. The van der Waals surface area contributed by atoms with Crippen molar-refractivity contribution in [1.82, 2.24) is 24.8 Å². The maximum atomic E-state index is 13.9. The van der Waals surface area contributed by atoms with Gasteiger partial charge in [-0.1, -0.05) is 11.8 Å². The summed E-state index contributed by atoms with van der Waals surface area (Å²) in [5.41, 5.74) is 1.58. The van der Waals surface area contributed by atoms with Crippen molar-refractivity contribution >= 4 is 22.9 Å². The van der Waals surface area contributed by atoms with Gasteiger partial charge < -0.3 is 76.3 Å². The third kappa shape index (κ3) is 35.3. The summed E-state index contributed by atoms with van der Waals surface area (Å²) in [7, 11) is 0. The Morgan fingerprint density at radius 3 is 1.27 bits per heavy atom. The standard InChI is InChI=1S/C28H41N3O3.C26H41N3O3.C25H36F2N2O3.C24H43NO4/c1-26(2,3)33-23-17-22(18-23)32-21-11-14-31(15-12-21)25-16-20(30-19-24(25)29-9)10-13-28(7,8)34-27(4,5)6;1-24(2,3)31-21-17-20(18-21)30-19-11-15-29(16-12-19)23-10-14-27-22(28-23)9-13-26(7,8)32-25(4,5)6;1-23(2,3)31-22-16-21(17-22)30-20-9-13-29(14-10-20)19-8-12-28-18(15-19)7-11-25(26,27)32-24(4,5)6;1-21(2,3)25-11-20(12-25)27-8-7-26-16-23-13-24(14-23,15-23)17-28-18-9-19(10-18)29-22(4,5)6/h16,19,21-23H,11-12,14-15,17-18H2,1-8H3;10,14,19-21H,11-12,15-18H2,1-8H3;8,12,15,20-22H,9-10,13-14,16-17H2,1-6H3;18-20H,7-17H2,1-6H3. The Bertz CT molecular complexity index is 4060. The molecule has 3 aromatic heterocycles. The lowest BCUT2D eigenvalue weighted by Gasteiger charge is -2.70. The van der Waals surface area contributed by atoms with E-state index in [4.69, 9.17) is 68.2 Å². The minimum Gasteiger partial charge on any atom is -0.380 e. The van der Waals surface area contributed by atoms with Crippen LogP contribution in [0, 0.1) is 52.9 Å². The van der Waals surface area contributed by atoms with Gasteiger partial charge in [0.25, 0.3) is 0 Å². The molecule has 0 spiro atoms. The van der Waals surface area contributed by atoms with Crippen molar-refractivity contribution in [3.63, 3.8) is 0 Å². The van der Waals surface area contributed by atoms with Crippen LogP contribution in [0.15, 0.2) is 42.9 Å². The SMILES string of the molecule is CC(C)(C)OC1CC(OC2CCN(c3ccnc(C#CC(C)(C)OC(C)(C)C)n3)CC2)C1.CC(C)(C)OC1CC(OC2CCN(c3ccnc(C#CC(F)(F)OC(C)(C)C)c3)CC2)C1.CC(C)(C)OC1CC(OCC23CC(COCCOC4CN(C(C)(C)C)C4)(C2)C3)C1.[C-]#[N+]c1cnc(C#CC(C)(C)OC(C)(C)C)cc1N1CCC(OC2CC(OC(C)(C)C)C2)CC1. The highest BCUT2D eigenvalue weighted by atomic mass is 19.3. The smallest absolute Gasteiger partial charge is 0.380 e. The Hall–Kier alpha value is -5.75. The molecule has 0 unspecified atom stereocenters. The molecule has 0 atom stereocenters. The highest BCUT2D eigenvalue weighted by Crippen LogP contribution is 2.73. The van der Waals surface area contributed by atoms with Crippen LogP contribution in [-0.4, -0.2) is 239 Å². The molecule has 11 fully saturated rings. The zero-order chi connectivity index (χ0) is 93.2. The van der Waals surface area contributed by atoms with E-state index in [0.717, 1.165) is 186 Å². The van der Waals surface area contributed by atoms with Gasteiger partial charge in [0.15, 0.2) is 0 Å². The number of likely N-dealkylation sites (tertiary alicyclic amines) is 1. The molecular formula is C103H161F2N9O13. The van der Waals surface area contributed by atoms with E-state index in [1.807, 2.05) is 93.4 Å². The molecule has 0 radical (unpaired) electrons. The summed E-state index contributed by atoms with van der Waals surface area (Å²) in [6, 6.07) is 7.54. The average molecular weight is 1770 g/mol. The van der Waals surface area contributed by atoms with Crippen LogP contribution >= 0.6 is 0 Å². The Labute approximate surface area is 763 Å². The maximum Gasteiger partial charge on any atom is 0.424 e. The molecule has 3 aromatic rings. The highest BCUT2D eigenvalue weighted by molar-refractivity contribution is 5.71. The monoisotopic (exact) mass is 1770 g/mol. The quantitative estimate of drug-likeness (QED) is 0.0442. The van der Waals surface area contributed by atoms with Crippen LogP contribution in [0.4, 0.5) is 31.7 Å². The van der Waals surface area contributed by atoms with Gasteiger partial charge >= 0.3 is 6.11 Å². The molecule has 0 aromatic carbocycles. The summed E-state index contributed by atoms with van der Waals surface area (Å²) in [5, 5.41) is 0. The predicted molar refractivity (Wildman–Crippen MR) is 499 cm³/mol. The van der Waals surface area contributed by atoms with Crippen LogP contribution in [0.1, 0.15) is 320 Å². The molecule has 0 N–H and O–H groups in total. The number of nitrogens with zero attached hydrogens (tertiary/aromatic N) is 9. The second-order valence-corrected chi connectivity index (χ2v) is 46.5. The predicted octanol–water partition coefficient (Wildman–Crippen LogP) is 19.9. The van der Waals surface area contributed by atoms with Crippen molar-refractivity contribution in [2.45, 2.75) is 438 Å². The van der Waals surface area contributed by atoms with Crippen LogP contribution in [0.3, 0.4) is 0 Å². The van der Waals surface area contributed by atoms with Gasteiger partial charge in [-0.15, -0.1) is 0 Å². The first-order chi connectivity index (χ1) is 58.7. The zero-order valence-corrected chi connectivity index (χ0v) is 83.1. The molecule has 0 amide bonds. The molecule has 24 heteroatoms. The van der Waals surface area contributed by atoms with Crippen molar-refractivity contribution in [2.24, 2.45) is 10.8 Å². The van der Waals surface area contributed by atoms with Crippen LogP contribution in [-0.2, 0) is 61.6 Å². The lowest BCUT2D eigenvalue weighted by molar-refractivity contribution is -0.267. The lowest BCUT2D eigenvalue weighted by atomic mass is 9.35. The number of ether oxygens (including phenoxy) is 13. The van der Waals surface area contributed by atoms with Gasteiger partial charge in [-0.25, -0.2) is 19.8 Å². The molecule has 7 aliphatic carbocycles. The van der Waals surface area contributed by atoms with E-state index in [0.29, 0.717) is 94.8 Å². The van der Waals surface area contributed by atoms with E-state index in [9.17, 15) is 8.78 Å². The largest absolute Gasteiger partial charge is 0.424 e. The van der Waals surface area contributed by atoms with Crippen LogP contribution in [0.2, 0.25) is 0 Å². The van der Waals surface area contributed by atoms with E-state index in [-0.39, 0.29) is 51.4 Å². The number of alkyl halides is 2. The fraction of sp³-hybridized carbons (Fsp3) is 0.796. The van der Waals surface area contributed by atoms with E-state index >= 15 is 0 Å². The molecule has 14 rings (SSSR count). The van der Waals surface area contributed by atoms with Crippen molar-refractivity contribution in [3.05, 3.63) is 71.5 Å². The second kappa shape index (κ2) is 42.2. The summed E-state index contributed by atoms with van der Waals surface area (Å²) in [6.07, 6.45) is 23.2. The Balaban J connectivity index is 0.000000177. The fourth-order valence-electron chi connectivity index (χ4n) is 18.6. The second-order valence-electron chi connectivity index (χ2n) is 46.5. The average Bonchev–Trinajstić information content (AvgIpc) is 0.683. The number of rotatable bonds is 25. The number of aromatic nitrogens is 4. The third-order valence-corrected chi connectivity index (χ3v) is 23.7. The molecule has 7 heterocycles. The van der Waals surface area contributed by atoms with Crippen LogP contribution in [0.5, 0.6) is 0 Å². The summed E-state index contributed by atoms with van der Waals surface area (Å²) < 4.78 is 106. The van der Waals surface area contributed by atoms with E-state index in [1.54, 1.807) is 45.4 Å². The molecule has 22 nitrogen and oxygen atoms in total. The number of hydrogen-bond acceptors (Lipinski definition) is 21. The fourth-order valence-corrected chi connectivity index (χ4v) is 18.6. The van der Waals surface area contributed by atoms with Crippen molar-refractivity contribution in [2.75, 3.05) is 93.5 Å². The molecule has 2 bridgehead atoms. The molecule has 7 saturated carbocycles. The lowest BCUT2D eigenvalue weighted by Crippen LogP contribution is -2.66. The first kappa shape index (κ1) is 103. The number of anilines is 3. The Morgan fingerprint density at radius 1 is 0.417 bits per heavy atom. The topological polar surface area (TPSA) is 189 Å². The molecule has 4 aliphatic heterocycles. The minimum absolute atomic E-state index is 0.0361. The van der Waals surface area contributed by atoms with Gasteiger partial charge in [0.05, 0.1) is 145 Å². The molecule has 4 saturated heterocycles. The Kier molecular flexibility index (Phi) is 34.4. The maximum absolute atomic E-state index is 13.9. The number of hydrogen-bond donors (Lipinski definition) is 0. The minimum atomic E-state index is -3.52. The van der Waals surface area contributed by atoms with Gasteiger partial charge in [-0.2, -0.15) is 8.78 Å². The summed E-state index contributed by atoms with van der Waals surface area (Å²) in [5.74, 6) is 18.5. The summed E-state index contributed by atoms with van der Waals surface area (Å²) in [4.78, 5) is 30.5. The van der Waals surface area contributed by atoms with Gasteiger partial charge in [0.2, 0.25) is 11.5 Å². The first-order valence-electron chi connectivity index (χ1n) is 47.5. The van der Waals surface area contributed by atoms with Crippen molar-refractivity contribution < 1.29 is 70.4 Å². The van der Waals surface area contributed by atoms with Crippen molar-refractivity contribution in [3.8, 4) is 35.5 Å². The third-order valence-electron chi connectivity index (χ3n) is 23.7. The summed E-state index contributed by atoms with van der Waals surface area (Å²) >= 11 is 0. The van der Waals surface area contributed by atoms with Gasteiger partial charge in [-0.3, -0.25) is 9.88 Å².